The largest absolute Gasteiger partial charge is 2.00 e. The number of allylic oxidation sites excluding steroid dienone is 2. The number of nitrogens with zero attached hydrogens (tertiary/aromatic N) is 3. The first kappa shape index (κ1) is 19.9. The summed E-state index contributed by atoms with van der Waals surface area (Å²) in [5.41, 5.74) is 1.56. The Balaban J connectivity index is 0.000000478. The summed E-state index contributed by atoms with van der Waals surface area (Å²) in [6, 6.07) is 10.5. The van der Waals surface area contributed by atoms with E-state index in [9.17, 15) is 4.79 Å². The van der Waals surface area contributed by atoms with Crippen LogP contribution < -0.4 is 4.90 Å². The molecule has 0 saturated carbocycles. The van der Waals surface area contributed by atoms with Gasteiger partial charge in [-0.3, -0.25) is 4.79 Å². The van der Waals surface area contributed by atoms with E-state index in [-0.39, 0.29) is 32.6 Å². The second kappa shape index (κ2) is 9.81. The Kier molecular flexibility index (Phi) is 8.89. The van der Waals surface area contributed by atoms with Crippen molar-refractivity contribution in [3.63, 3.8) is 0 Å². The third-order valence-corrected chi connectivity index (χ3v) is 2.38. The number of hydrogen-bond donors (Lipinski definition) is 1. The molecule has 1 aliphatic rings. The second-order valence-electron chi connectivity index (χ2n) is 4.46. The minimum Gasteiger partial charge on any atom is -0.512 e. The monoisotopic (exact) mass is 478 g/mol. The van der Waals surface area contributed by atoms with Crippen LogP contribution in [0.1, 0.15) is 19.4 Å². The van der Waals surface area contributed by atoms with Crippen LogP contribution in [0.4, 0.5) is 5.69 Å². The molecule has 118 valence electrons. The van der Waals surface area contributed by atoms with Crippen LogP contribution in [0, 0.1) is 24.1 Å². The number of rotatable bonds is 2. The van der Waals surface area contributed by atoms with E-state index in [1.54, 1.807) is 12.1 Å². The van der Waals surface area contributed by atoms with Crippen molar-refractivity contribution in [1.29, 1.82) is 5.26 Å². The number of carbonyl (C=O) groups excluding carboxylic acids is 1. The van der Waals surface area contributed by atoms with Gasteiger partial charge in [-0.2, -0.15) is 24.9 Å². The van der Waals surface area contributed by atoms with Crippen molar-refractivity contribution in [2.24, 2.45) is 0 Å². The van der Waals surface area contributed by atoms with Crippen molar-refractivity contribution in [1.82, 2.24) is 4.90 Å². The van der Waals surface area contributed by atoms with E-state index in [4.69, 9.17) is 10.4 Å². The minimum atomic E-state index is -0.125. The Morgan fingerprint density at radius 1 is 1.41 bits per heavy atom. The number of carbonyl (C=O) groups is 1. The summed E-state index contributed by atoms with van der Waals surface area (Å²) < 4.78 is 0. The summed E-state index contributed by atoms with van der Waals surface area (Å²) in [6.45, 7) is 4.79. The quantitative estimate of drug-likeness (QED) is 0.402. The van der Waals surface area contributed by atoms with Gasteiger partial charge >= 0.3 is 21.1 Å². The van der Waals surface area contributed by atoms with Gasteiger partial charge in [-0.15, -0.1) is 11.8 Å². The van der Waals surface area contributed by atoms with Crippen LogP contribution in [0.2, 0.25) is 0 Å². The van der Waals surface area contributed by atoms with Crippen LogP contribution in [-0.2, 0) is 25.9 Å². The molecule has 0 fully saturated rings. The predicted molar refractivity (Wildman–Crippen MR) is 80.7 cm³/mol. The number of benzene rings is 1. The molecule has 0 amide bonds. The molecule has 0 saturated heterocycles. The molecule has 1 aromatic rings. The van der Waals surface area contributed by atoms with Crippen molar-refractivity contribution in [3.05, 3.63) is 60.7 Å². The molecule has 0 unspecified atom stereocenters. The molecule has 22 heavy (non-hydrogen) atoms. The molecule has 1 heterocycles. The molecule has 0 bridgehead atoms. The minimum absolute atomic E-state index is 0. The van der Waals surface area contributed by atoms with Gasteiger partial charge in [0.05, 0.1) is 5.76 Å². The van der Waals surface area contributed by atoms with Gasteiger partial charge in [-0.25, -0.2) is 5.26 Å². The molecule has 0 atom stereocenters. The molecule has 1 aromatic carbocycles. The summed E-state index contributed by atoms with van der Waals surface area (Å²) in [5.74, 6) is -0.0625. The number of hydrogen-bond acceptors (Lipinski definition) is 5. The first-order chi connectivity index (χ1) is 9.92. The normalized spacial score (nSPS) is 12.9. The van der Waals surface area contributed by atoms with Crippen LogP contribution in [-0.4, -0.2) is 22.8 Å². The second-order valence-corrected chi connectivity index (χ2v) is 4.46. The van der Waals surface area contributed by atoms with Gasteiger partial charge in [-0.1, -0.05) is 5.56 Å². The standard InChI is InChI=1S/C11H9N3.C5H8O2.Pt/c1-13-6-7-14(9-13)11-4-2-10(8-12)3-5-11;1-4(6)3-5(2)7;/h2-4,6-7,9H,1H3;3,6H,1-2H3;/q-2;;+2. The average Bonchev–Trinajstić information content (AvgIpc) is 2.85. The Morgan fingerprint density at radius 3 is 2.41 bits per heavy atom. The molecule has 0 aromatic heterocycles. The van der Waals surface area contributed by atoms with Gasteiger partial charge in [0.2, 0.25) is 0 Å². The zero-order valence-corrected chi connectivity index (χ0v) is 14.8. The summed E-state index contributed by atoms with van der Waals surface area (Å²) in [5, 5.41) is 17.0. The molecular formula is C16H17N3O2Pt. The summed E-state index contributed by atoms with van der Waals surface area (Å²) in [7, 11) is 1.96. The van der Waals surface area contributed by atoms with E-state index in [0.29, 0.717) is 5.56 Å². The Hall–Kier alpha value is -2.05. The topological polar surface area (TPSA) is 67.6 Å². The molecule has 0 spiro atoms. The first-order valence-electron chi connectivity index (χ1n) is 6.25. The fourth-order valence-corrected chi connectivity index (χ4v) is 1.53. The number of anilines is 1. The van der Waals surface area contributed by atoms with Crippen LogP contribution in [0.15, 0.2) is 42.4 Å². The van der Waals surface area contributed by atoms with E-state index in [1.807, 2.05) is 42.0 Å². The van der Waals surface area contributed by atoms with Crippen LogP contribution in [0.3, 0.4) is 0 Å². The number of nitriles is 1. The average molecular weight is 478 g/mol. The fraction of sp³-hybridized carbons (Fsp3) is 0.188. The third-order valence-electron chi connectivity index (χ3n) is 2.38. The fourth-order valence-electron chi connectivity index (χ4n) is 1.53. The van der Waals surface area contributed by atoms with Gasteiger partial charge < -0.3 is 14.9 Å². The summed E-state index contributed by atoms with van der Waals surface area (Å²) in [4.78, 5) is 13.9. The van der Waals surface area contributed by atoms with Crippen molar-refractivity contribution in [3.8, 4) is 6.07 Å². The maximum atomic E-state index is 10.0. The van der Waals surface area contributed by atoms with E-state index in [1.165, 1.54) is 19.9 Å². The number of aliphatic hydroxyl groups excluding tert-OH is 1. The Bertz CT molecular complexity index is 584. The number of aliphatic hydroxyl groups is 1. The molecule has 5 nitrogen and oxygen atoms in total. The van der Waals surface area contributed by atoms with Crippen LogP contribution >= 0.6 is 0 Å². The SMILES string of the molecule is CC(=O)C=C(C)O.CN1C=CN(c2[c-]cc(C#N)cc2)[CH-]1.[Pt+2]. The van der Waals surface area contributed by atoms with Gasteiger partial charge in [0, 0.05) is 12.1 Å². The van der Waals surface area contributed by atoms with E-state index in [0.717, 1.165) is 5.69 Å². The maximum Gasteiger partial charge on any atom is 2.00 e. The Labute approximate surface area is 145 Å². The van der Waals surface area contributed by atoms with Gasteiger partial charge in [0.1, 0.15) is 0 Å². The summed E-state index contributed by atoms with van der Waals surface area (Å²) >= 11 is 0. The molecule has 2 rings (SSSR count). The van der Waals surface area contributed by atoms with Gasteiger partial charge in [0.15, 0.2) is 5.78 Å². The molecular weight excluding hydrogens is 461 g/mol. The smallest absolute Gasteiger partial charge is 0.512 e. The third kappa shape index (κ3) is 7.10. The molecule has 1 N–H and O–H groups in total. The maximum absolute atomic E-state index is 10.0. The van der Waals surface area contributed by atoms with Gasteiger partial charge in [0.25, 0.3) is 0 Å². The number of ketones is 1. The van der Waals surface area contributed by atoms with Crippen molar-refractivity contribution in [2.45, 2.75) is 13.8 Å². The van der Waals surface area contributed by atoms with E-state index < -0.39 is 0 Å². The molecule has 0 aliphatic carbocycles. The first-order valence-corrected chi connectivity index (χ1v) is 6.25. The molecule has 0 radical (unpaired) electrons. The molecule has 6 heteroatoms. The van der Waals surface area contributed by atoms with E-state index >= 15 is 0 Å². The van der Waals surface area contributed by atoms with Crippen molar-refractivity contribution < 1.29 is 31.0 Å². The predicted octanol–water partition coefficient (Wildman–Crippen LogP) is 2.74. The molecule has 1 aliphatic heterocycles. The van der Waals surface area contributed by atoms with Crippen LogP contribution in [0.25, 0.3) is 0 Å². The van der Waals surface area contributed by atoms with E-state index in [2.05, 4.69) is 12.1 Å². The summed E-state index contributed by atoms with van der Waals surface area (Å²) in [6.07, 6.45) is 5.06. The zero-order chi connectivity index (χ0) is 15.8. The van der Waals surface area contributed by atoms with Crippen molar-refractivity contribution in [2.75, 3.05) is 11.9 Å². The Morgan fingerprint density at radius 2 is 2.09 bits per heavy atom. The van der Waals surface area contributed by atoms with Crippen molar-refractivity contribution >= 4 is 11.5 Å². The zero-order valence-electron chi connectivity index (χ0n) is 12.6. The van der Waals surface area contributed by atoms with Crippen LogP contribution in [0.5, 0.6) is 0 Å². The van der Waals surface area contributed by atoms with Gasteiger partial charge in [-0.05, 0) is 33.3 Å².